The lowest BCUT2D eigenvalue weighted by atomic mass is 10.2. The van der Waals surface area contributed by atoms with Crippen molar-refractivity contribution in [3.05, 3.63) is 65.7 Å². The number of benzene rings is 2. The zero-order chi connectivity index (χ0) is 17.8. The summed E-state index contributed by atoms with van der Waals surface area (Å²) < 4.78 is 1.63. The van der Waals surface area contributed by atoms with Gasteiger partial charge in [0, 0.05) is 0 Å². The van der Waals surface area contributed by atoms with E-state index in [9.17, 15) is 0 Å². The van der Waals surface area contributed by atoms with E-state index < -0.39 is 28.3 Å². The molecule has 0 fully saturated rings. The van der Waals surface area contributed by atoms with Crippen molar-refractivity contribution >= 4 is 32.7 Å². The van der Waals surface area contributed by atoms with Gasteiger partial charge in [0.15, 0.2) is 0 Å². The van der Waals surface area contributed by atoms with Gasteiger partial charge in [-0.1, -0.05) is 120 Å². The van der Waals surface area contributed by atoms with Gasteiger partial charge in [-0.15, -0.1) is 4.43 Å². The molecule has 0 aromatic heterocycles. The van der Waals surface area contributed by atoms with Gasteiger partial charge in [0.05, 0.1) is 0 Å². The molecule has 0 nitrogen and oxygen atoms in total. The zero-order valence-electron chi connectivity index (χ0n) is 16.4. The molecule has 128 valence electrons. The fraction of sp³-hybridized carbons (Fsp3) is 0.455. The summed E-state index contributed by atoms with van der Waals surface area (Å²) in [6.45, 7) is 11.5. The predicted octanol–water partition coefficient (Wildman–Crippen LogP) is 6.04. The first kappa shape index (κ1) is 21.5. The maximum absolute atomic E-state index is 2.34. The van der Waals surface area contributed by atoms with Crippen molar-refractivity contribution in [1.82, 2.24) is 0 Å². The molecule has 0 saturated heterocycles. The van der Waals surface area contributed by atoms with Crippen LogP contribution < -0.4 is 4.43 Å². The lowest BCUT2D eigenvalue weighted by Gasteiger charge is -2.06. The molecule has 0 radical (unpaired) electrons. The summed E-state index contributed by atoms with van der Waals surface area (Å²) in [5.41, 5.74) is 2.91. The molecule has 0 unspecified atom stereocenters. The first-order valence-corrected chi connectivity index (χ1v) is 14.4. The van der Waals surface area contributed by atoms with Crippen molar-refractivity contribution < 1.29 is 0 Å². The topological polar surface area (TPSA) is 0 Å². The standard InChI is InChI=1S/2C7H7.4C2H5.2Al/c2*1-7-5-3-2-4-6-7;4*1-2;;/h3-6H,1H3;2-6H,1H2;4*1H2,2H3;;. The third kappa shape index (κ3) is 8.05. The van der Waals surface area contributed by atoms with Gasteiger partial charge >= 0.3 is 14.1 Å². The summed E-state index contributed by atoms with van der Waals surface area (Å²) in [5.74, 6) is 0. The molecule has 0 saturated carbocycles. The summed E-state index contributed by atoms with van der Waals surface area (Å²) in [6, 6.07) is 20.0. The van der Waals surface area contributed by atoms with Crippen molar-refractivity contribution in [2.75, 3.05) is 0 Å². The molecular weight excluding hydrogens is 318 g/mol. The lowest BCUT2D eigenvalue weighted by Crippen LogP contribution is -2.27. The van der Waals surface area contributed by atoms with Crippen LogP contribution in [0.4, 0.5) is 0 Å². The van der Waals surface area contributed by atoms with Crippen LogP contribution in [0.15, 0.2) is 54.6 Å². The van der Waals surface area contributed by atoms with E-state index in [1.807, 2.05) is 0 Å². The molecule has 0 heterocycles. The molecule has 2 heteroatoms. The molecule has 0 amide bonds. The summed E-state index contributed by atoms with van der Waals surface area (Å²) in [5, 5.41) is 7.03. The van der Waals surface area contributed by atoms with Crippen molar-refractivity contribution in [2.45, 2.75) is 61.0 Å². The number of hydrogen-bond acceptors (Lipinski definition) is 0. The fourth-order valence-corrected chi connectivity index (χ4v) is 7.47. The van der Waals surface area contributed by atoms with Gasteiger partial charge in [0.2, 0.25) is 0 Å². The summed E-state index contributed by atoms with van der Waals surface area (Å²) in [7, 11) is 0. The van der Waals surface area contributed by atoms with E-state index in [0.717, 1.165) is 0 Å². The van der Waals surface area contributed by atoms with Gasteiger partial charge in [0.25, 0.3) is 14.1 Å². The minimum absolute atomic E-state index is 0.419. The quantitative estimate of drug-likeness (QED) is 0.533. The van der Waals surface area contributed by atoms with Crippen LogP contribution in [-0.2, 0) is 5.28 Å². The second-order valence-electron chi connectivity index (χ2n) is 6.80. The highest BCUT2D eigenvalue weighted by molar-refractivity contribution is 6.73. The van der Waals surface area contributed by atoms with Crippen LogP contribution in [0.3, 0.4) is 0 Å². The molecule has 0 bridgehead atoms. The van der Waals surface area contributed by atoms with Crippen LogP contribution >= 0.6 is 0 Å². The Morgan fingerprint density at radius 3 is 1.67 bits per heavy atom. The molecule has 0 N–H and O–H groups in total. The smallest absolute Gasteiger partial charge is 0.110 e. The maximum atomic E-state index is 2.34. The van der Waals surface area contributed by atoms with Crippen LogP contribution in [-0.4, -0.2) is 28.3 Å². The first-order chi connectivity index (χ1) is 11.6. The molecule has 2 aromatic carbocycles. The highest BCUT2D eigenvalue weighted by Gasteiger charge is 2.13. The Labute approximate surface area is 159 Å². The highest BCUT2D eigenvalue weighted by Crippen LogP contribution is 2.07. The number of hydrogen-bond donors (Lipinski definition) is 0. The van der Waals surface area contributed by atoms with Gasteiger partial charge in [0.1, 0.15) is 0 Å². The second kappa shape index (κ2) is 12.8. The fourth-order valence-electron chi connectivity index (χ4n) is 3.12. The Morgan fingerprint density at radius 1 is 0.667 bits per heavy atom. The van der Waals surface area contributed by atoms with Crippen LogP contribution in [0.1, 0.15) is 38.8 Å². The molecule has 0 aliphatic carbocycles. The van der Waals surface area contributed by atoms with E-state index in [1.165, 1.54) is 37.5 Å². The zero-order valence-corrected chi connectivity index (χ0v) is 18.7. The Kier molecular flexibility index (Phi) is 11.5. The molecular formula is C22H34Al2. The molecule has 24 heavy (non-hydrogen) atoms. The van der Waals surface area contributed by atoms with E-state index in [-0.39, 0.29) is 0 Å². The van der Waals surface area contributed by atoms with Crippen LogP contribution in [0, 0.1) is 6.92 Å². The van der Waals surface area contributed by atoms with Crippen LogP contribution in [0.25, 0.3) is 0 Å². The normalized spacial score (nSPS) is 9.88. The average molecular weight is 352 g/mol. The predicted molar refractivity (Wildman–Crippen MR) is 114 cm³/mol. The molecule has 0 aliphatic heterocycles. The largest absolute Gasteiger partial charge is 0.305 e. The van der Waals surface area contributed by atoms with Crippen LogP contribution in [0.2, 0.25) is 21.1 Å². The Bertz CT molecular complexity index is 526. The molecule has 2 aromatic rings. The number of rotatable bonds is 7. The maximum Gasteiger partial charge on any atom is 0.305 e. The molecule has 2 rings (SSSR count). The summed E-state index contributed by atoms with van der Waals surface area (Å²) in [6.07, 6.45) is 0. The monoisotopic (exact) mass is 352 g/mol. The summed E-state index contributed by atoms with van der Waals surface area (Å²) >= 11 is -0.990. The van der Waals surface area contributed by atoms with Gasteiger partial charge in [-0.2, -0.15) is 0 Å². The van der Waals surface area contributed by atoms with E-state index in [2.05, 4.69) is 89.2 Å². The van der Waals surface area contributed by atoms with Gasteiger partial charge in [-0.3, -0.25) is 0 Å². The Morgan fingerprint density at radius 2 is 1.21 bits per heavy atom. The van der Waals surface area contributed by atoms with E-state index in [4.69, 9.17) is 0 Å². The van der Waals surface area contributed by atoms with Gasteiger partial charge in [-0.05, 0) is 6.92 Å². The van der Waals surface area contributed by atoms with Crippen molar-refractivity contribution in [3.63, 3.8) is 0 Å². The number of aryl methyl sites for hydroxylation is 1. The minimum atomic E-state index is -0.571. The SMILES string of the molecule is C[CH2][Al]([CH2]C)[CH2]c1ccccc1.C[CH2][Al]([CH2]C)[c]1ccc(C)cc1. The first-order valence-electron chi connectivity index (χ1n) is 9.74. The van der Waals surface area contributed by atoms with Crippen LogP contribution in [0.5, 0.6) is 0 Å². The molecule has 0 atom stereocenters. The van der Waals surface area contributed by atoms with Crippen molar-refractivity contribution in [2.24, 2.45) is 0 Å². The molecule has 0 aliphatic rings. The summed E-state index contributed by atoms with van der Waals surface area (Å²) in [4.78, 5) is 0. The third-order valence-electron chi connectivity index (χ3n) is 5.06. The minimum Gasteiger partial charge on any atom is -0.110 e. The average Bonchev–Trinajstić information content (AvgIpc) is 2.63. The van der Waals surface area contributed by atoms with Gasteiger partial charge < -0.3 is 0 Å². The lowest BCUT2D eigenvalue weighted by molar-refractivity contribution is 1.22. The van der Waals surface area contributed by atoms with E-state index in [1.54, 1.807) is 4.43 Å². The second-order valence-corrected chi connectivity index (χ2v) is 14.3. The van der Waals surface area contributed by atoms with E-state index in [0.29, 0.717) is 0 Å². The van der Waals surface area contributed by atoms with E-state index >= 15 is 0 Å². The van der Waals surface area contributed by atoms with Crippen molar-refractivity contribution in [1.29, 1.82) is 0 Å². The highest BCUT2D eigenvalue weighted by atomic mass is 27.2. The van der Waals surface area contributed by atoms with Gasteiger partial charge in [-0.25, -0.2) is 0 Å². The third-order valence-corrected chi connectivity index (χ3v) is 11.7. The molecule has 0 spiro atoms. The van der Waals surface area contributed by atoms with Crippen molar-refractivity contribution in [3.8, 4) is 0 Å². The Balaban J connectivity index is 0.000000240. The Hall–Kier alpha value is -0.495.